The molecule has 0 aromatic heterocycles. The molecule has 0 bridgehead atoms. The number of nitrogens with one attached hydrogen (secondary N) is 1. The highest BCUT2D eigenvalue weighted by molar-refractivity contribution is 6.15. The Kier molecular flexibility index (Phi) is 5.21. The molecule has 1 fully saturated rings. The van der Waals surface area contributed by atoms with Crippen molar-refractivity contribution in [2.75, 3.05) is 29.9 Å². The van der Waals surface area contributed by atoms with Gasteiger partial charge in [-0.15, -0.1) is 0 Å². The molecule has 0 saturated carbocycles. The summed E-state index contributed by atoms with van der Waals surface area (Å²) in [6.07, 6.45) is 5.20. The minimum atomic E-state index is -0.167. The van der Waals surface area contributed by atoms with Crippen LogP contribution in [-0.2, 0) is 11.3 Å². The Morgan fingerprint density at radius 2 is 1.63 bits per heavy atom. The van der Waals surface area contributed by atoms with Gasteiger partial charge in [0.2, 0.25) is 5.91 Å². The second-order valence-corrected chi connectivity index (χ2v) is 7.34. The third-order valence-electron chi connectivity index (χ3n) is 5.32. The number of nitrogens with zero attached hydrogens (tertiary/aromatic N) is 2. The van der Waals surface area contributed by atoms with E-state index in [2.05, 4.69) is 10.2 Å². The highest BCUT2D eigenvalue weighted by Crippen LogP contribution is 2.30. The van der Waals surface area contributed by atoms with E-state index in [1.165, 1.54) is 31.2 Å². The van der Waals surface area contributed by atoms with Crippen LogP contribution in [0.25, 0.3) is 0 Å². The van der Waals surface area contributed by atoms with Crippen LogP contribution in [0.4, 0.5) is 11.4 Å². The number of amides is 2. The molecule has 0 aliphatic carbocycles. The summed E-state index contributed by atoms with van der Waals surface area (Å²) in [6, 6.07) is 15.2. The van der Waals surface area contributed by atoms with Crippen LogP contribution in [0.15, 0.2) is 48.5 Å². The van der Waals surface area contributed by atoms with Crippen LogP contribution < -0.4 is 10.2 Å². The van der Waals surface area contributed by atoms with Crippen molar-refractivity contribution in [3.63, 3.8) is 0 Å². The molecule has 0 atom stereocenters. The van der Waals surface area contributed by atoms with Crippen LogP contribution in [0.5, 0.6) is 0 Å². The molecule has 1 N–H and O–H groups in total. The summed E-state index contributed by atoms with van der Waals surface area (Å²) in [5.41, 5.74) is 3.26. The fraction of sp³-hybridized carbons (Fsp3) is 0.364. The van der Waals surface area contributed by atoms with Crippen LogP contribution in [0, 0.1) is 0 Å². The van der Waals surface area contributed by atoms with Crippen molar-refractivity contribution in [1.29, 1.82) is 0 Å². The van der Waals surface area contributed by atoms with Gasteiger partial charge in [0.15, 0.2) is 0 Å². The Labute approximate surface area is 160 Å². The largest absolute Gasteiger partial charge is 0.323 e. The first-order valence-electron chi connectivity index (χ1n) is 9.73. The fourth-order valence-electron chi connectivity index (χ4n) is 3.88. The quantitative estimate of drug-likeness (QED) is 0.905. The van der Waals surface area contributed by atoms with Crippen molar-refractivity contribution in [1.82, 2.24) is 4.90 Å². The number of fused-ring (bicyclic) bond motifs is 1. The maximum absolute atomic E-state index is 13.0. The lowest BCUT2D eigenvalue weighted by molar-refractivity contribution is -0.115. The van der Waals surface area contributed by atoms with Crippen molar-refractivity contribution in [3.05, 3.63) is 59.7 Å². The van der Waals surface area contributed by atoms with Gasteiger partial charge in [0.05, 0.1) is 11.4 Å². The number of carbonyl (C=O) groups is 2. The molecule has 2 aromatic carbocycles. The summed E-state index contributed by atoms with van der Waals surface area (Å²) in [4.78, 5) is 29.0. The van der Waals surface area contributed by atoms with Crippen molar-refractivity contribution < 1.29 is 9.59 Å². The lowest BCUT2D eigenvalue weighted by Crippen LogP contribution is -2.42. The fourth-order valence-corrected chi connectivity index (χ4v) is 3.88. The number of likely N-dealkylation sites (tertiary alicyclic amines) is 1. The van der Waals surface area contributed by atoms with E-state index in [-0.39, 0.29) is 18.4 Å². The number of hydrogen-bond donors (Lipinski definition) is 1. The van der Waals surface area contributed by atoms with Gasteiger partial charge in [-0.2, -0.15) is 0 Å². The molecule has 0 unspecified atom stereocenters. The minimum Gasteiger partial charge on any atom is -0.323 e. The Morgan fingerprint density at radius 1 is 0.926 bits per heavy atom. The summed E-state index contributed by atoms with van der Waals surface area (Å²) >= 11 is 0. The van der Waals surface area contributed by atoms with E-state index in [0.717, 1.165) is 25.3 Å². The normalized spacial score (nSPS) is 17.8. The summed E-state index contributed by atoms with van der Waals surface area (Å²) in [6.45, 7) is 3.29. The Balaban J connectivity index is 1.49. The van der Waals surface area contributed by atoms with Crippen molar-refractivity contribution >= 4 is 23.2 Å². The molecule has 2 heterocycles. The van der Waals surface area contributed by atoms with Gasteiger partial charge < -0.3 is 5.32 Å². The van der Waals surface area contributed by atoms with Crippen molar-refractivity contribution in [2.45, 2.75) is 32.2 Å². The van der Waals surface area contributed by atoms with Gasteiger partial charge in [-0.3, -0.25) is 19.4 Å². The summed E-state index contributed by atoms with van der Waals surface area (Å²) in [5.74, 6) is -0.307. The molecule has 27 heavy (non-hydrogen) atoms. The number of hydrogen-bond acceptors (Lipinski definition) is 3. The Hall–Kier alpha value is -2.66. The number of rotatable bonds is 3. The van der Waals surface area contributed by atoms with Crippen LogP contribution >= 0.6 is 0 Å². The summed E-state index contributed by atoms with van der Waals surface area (Å²) in [5, 5.41) is 2.82. The van der Waals surface area contributed by atoms with Crippen LogP contribution in [0.3, 0.4) is 0 Å². The van der Waals surface area contributed by atoms with E-state index in [1.54, 1.807) is 4.90 Å². The third-order valence-corrected chi connectivity index (χ3v) is 5.32. The first-order valence-corrected chi connectivity index (χ1v) is 9.73. The lowest BCUT2D eigenvalue weighted by atomic mass is 10.1. The number of anilines is 2. The van der Waals surface area contributed by atoms with Crippen molar-refractivity contribution in [2.24, 2.45) is 0 Å². The van der Waals surface area contributed by atoms with Gasteiger partial charge in [0, 0.05) is 12.1 Å². The smallest absolute Gasteiger partial charge is 0.258 e. The molecule has 0 spiro atoms. The highest BCUT2D eigenvalue weighted by Gasteiger charge is 2.27. The SMILES string of the molecule is O=C1CN(C(=O)c2ccc(CN3CCCCCC3)cc2)c2ccccc2N1. The molecule has 2 aliphatic heterocycles. The van der Waals surface area contributed by atoms with Gasteiger partial charge >= 0.3 is 0 Å². The van der Waals surface area contributed by atoms with Crippen LogP contribution in [0.2, 0.25) is 0 Å². The number of benzene rings is 2. The number of para-hydroxylation sites is 2. The van der Waals surface area contributed by atoms with Gasteiger partial charge in [0.25, 0.3) is 5.91 Å². The molecule has 5 heteroatoms. The maximum atomic E-state index is 13.0. The second kappa shape index (κ2) is 7.92. The first kappa shape index (κ1) is 17.7. The third kappa shape index (κ3) is 4.03. The summed E-state index contributed by atoms with van der Waals surface area (Å²) < 4.78 is 0. The molecule has 2 amide bonds. The minimum absolute atomic E-state index is 0.0470. The molecule has 1 saturated heterocycles. The van der Waals surface area contributed by atoms with Crippen molar-refractivity contribution in [3.8, 4) is 0 Å². The van der Waals surface area contributed by atoms with E-state index >= 15 is 0 Å². The molecular formula is C22H25N3O2. The molecule has 0 radical (unpaired) electrons. The predicted molar refractivity (Wildman–Crippen MR) is 107 cm³/mol. The Morgan fingerprint density at radius 3 is 2.37 bits per heavy atom. The maximum Gasteiger partial charge on any atom is 0.258 e. The molecule has 2 aromatic rings. The average Bonchev–Trinajstić information content (AvgIpc) is 2.96. The number of carbonyl (C=O) groups excluding carboxylic acids is 2. The van der Waals surface area contributed by atoms with E-state index in [1.807, 2.05) is 48.5 Å². The van der Waals surface area contributed by atoms with Gasteiger partial charge in [-0.1, -0.05) is 37.1 Å². The van der Waals surface area contributed by atoms with Crippen LogP contribution in [0.1, 0.15) is 41.6 Å². The van der Waals surface area contributed by atoms with Gasteiger partial charge in [-0.05, 0) is 55.8 Å². The Bertz CT molecular complexity index is 824. The van der Waals surface area contributed by atoms with Gasteiger partial charge in [0.1, 0.15) is 6.54 Å². The zero-order chi connectivity index (χ0) is 18.6. The highest BCUT2D eigenvalue weighted by atomic mass is 16.2. The molecule has 5 nitrogen and oxygen atoms in total. The molecular weight excluding hydrogens is 338 g/mol. The monoisotopic (exact) mass is 363 g/mol. The van der Waals surface area contributed by atoms with E-state index in [9.17, 15) is 9.59 Å². The predicted octanol–water partition coefficient (Wildman–Crippen LogP) is 3.66. The summed E-state index contributed by atoms with van der Waals surface area (Å²) in [7, 11) is 0. The first-order chi connectivity index (χ1) is 13.2. The van der Waals surface area contributed by atoms with E-state index in [4.69, 9.17) is 0 Å². The molecule has 4 rings (SSSR count). The van der Waals surface area contributed by atoms with E-state index in [0.29, 0.717) is 11.3 Å². The zero-order valence-electron chi connectivity index (χ0n) is 15.5. The topological polar surface area (TPSA) is 52.7 Å². The van der Waals surface area contributed by atoms with Crippen LogP contribution in [-0.4, -0.2) is 36.3 Å². The zero-order valence-corrected chi connectivity index (χ0v) is 15.5. The second-order valence-electron chi connectivity index (χ2n) is 7.34. The average molecular weight is 363 g/mol. The van der Waals surface area contributed by atoms with Gasteiger partial charge in [-0.25, -0.2) is 0 Å². The van der Waals surface area contributed by atoms with E-state index < -0.39 is 0 Å². The molecule has 140 valence electrons. The molecule has 2 aliphatic rings. The standard InChI is InChI=1S/C22H25N3O2/c26-21-16-25(20-8-4-3-7-19(20)23-21)22(27)18-11-9-17(10-12-18)15-24-13-5-1-2-6-14-24/h3-4,7-12H,1-2,5-6,13-16H2,(H,23,26). The lowest BCUT2D eigenvalue weighted by Gasteiger charge is -2.29.